The summed E-state index contributed by atoms with van der Waals surface area (Å²) in [6, 6.07) is 2.94. The van der Waals surface area contributed by atoms with Gasteiger partial charge in [0.1, 0.15) is 11.8 Å². The van der Waals surface area contributed by atoms with Crippen LogP contribution >= 0.6 is 0 Å². The fourth-order valence-corrected chi connectivity index (χ4v) is 1.79. The van der Waals surface area contributed by atoms with Crippen molar-refractivity contribution in [1.29, 1.82) is 0 Å². The number of nitrogens with one attached hydrogen (secondary N) is 2. The molecule has 6 heteroatoms. The van der Waals surface area contributed by atoms with Crippen LogP contribution in [0.15, 0.2) is 22.8 Å². The Kier molecular flexibility index (Phi) is 3.76. The van der Waals surface area contributed by atoms with Gasteiger partial charge in [-0.3, -0.25) is 19.7 Å². The van der Waals surface area contributed by atoms with Gasteiger partial charge in [-0.15, -0.1) is 0 Å². The Morgan fingerprint density at radius 3 is 3.00 bits per heavy atom. The van der Waals surface area contributed by atoms with Crippen LogP contribution in [0.4, 0.5) is 0 Å². The molecule has 6 nitrogen and oxygen atoms in total. The van der Waals surface area contributed by atoms with E-state index in [1.165, 1.54) is 0 Å². The number of hydrogen-bond acceptors (Lipinski definition) is 4. The topological polar surface area (TPSA) is 88.4 Å². The molecule has 0 aliphatic carbocycles. The monoisotopic (exact) mass is 250 g/mol. The highest BCUT2D eigenvalue weighted by atomic mass is 16.3. The van der Waals surface area contributed by atoms with Gasteiger partial charge in [0.25, 0.3) is 0 Å². The molecule has 1 atom stereocenters. The number of amides is 3. The Morgan fingerprint density at radius 1 is 1.50 bits per heavy atom. The van der Waals surface area contributed by atoms with Crippen molar-refractivity contribution >= 4 is 17.7 Å². The smallest absolute Gasteiger partial charge is 0.249 e. The molecule has 2 heterocycles. The summed E-state index contributed by atoms with van der Waals surface area (Å²) < 4.78 is 5.11. The number of imide groups is 1. The molecule has 3 amide bonds. The molecule has 0 bridgehead atoms. The second-order valence-electron chi connectivity index (χ2n) is 4.15. The number of carbonyl (C=O) groups excluding carboxylic acids is 3. The van der Waals surface area contributed by atoms with Crippen molar-refractivity contribution < 1.29 is 18.8 Å². The fourth-order valence-electron chi connectivity index (χ4n) is 1.79. The molecule has 2 rings (SSSR count). The lowest BCUT2D eigenvalue weighted by atomic mass is 10.1. The van der Waals surface area contributed by atoms with E-state index in [1.807, 2.05) is 0 Å². The summed E-state index contributed by atoms with van der Waals surface area (Å²) >= 11 is 0. The summed E-state index contributed by atoms with van der Waals surface area (Å²) in [5.41, 5.74) is 0. The average molecular weight is 250 g/mol. The first-order chi connectivity index (χ1) is 8.65. The van der Waals surface area contributed by atoms with Crippen LogP contribution < -0.4 is 10.6 Å². The SMILES string of the molecule is O=C1CCC(NC(=O)CCc2ccco2)C(=O)N1. The molecule has 0 aromatic carbocycles. The molecule has 1 aliphatic heterocycles. The van der Waals surface area contributed by atoms with Gasteiger partial charge in [0.05, 0.1) is 6.26 Å². The zero-order chi connectivity index (χ0) is 13.0. The lowest BCUT2D eigenvalue weighted by molar-refractivity contribution is -0.137. The molecule has 96 valence electrons. The van der Waals surface area contributed by atoms with Crippen LogP contribution in [0.5, 0.6) is 0 Å². The van der Waals surface area contributed by atoms with Gasteiger partial charge >= 0.3 is 0 Å². The summed E-state index contributed by atoms with van der Waals surface area (Å²) in [6.07, 6.45) is 2.91. The molecule has 2 N–H and O–H groups in total. The summed E-state index contributed by atoms with van der Waals surface area (Å²) in [7, 11) is 0. The van der Waals surface area contributed by atoms with E-state index in [0.717, 1.165) is 5.76 Å². The molecule has 0 saturated carbocycles. The van der Waals surface area contributed by atoms with Crippen molar-refractivity contribution in [3.05, 3.63) is 24.2 Å². The molecule has 0 radical (unpaired) electrons. The highest BCUT2D eigenvalue weighted by molar-refractivity contribution is 6.01. The minimum Gasteiger partial charge on any atom is -0.469 e. The van der Waals surface area contributed by atoms with Gasteiger partial charge in [-0.1, -0.05) is 0 Å². The maximum Gasteiger partial charge on any atom is 0.249 e. The molecular weight excluding hydrogens is 236 g/mol. The van der Waals surface area contributed by atoms with Crippen molar-refractivity contribution in [2.75, 3.05) is 0 Å². The Labute approximate surface area is 104 Å². The highest BCUT2D eigenvalue weighted by Gasteiger charge is 2.27. The van der Waals surface area contributed by atoms with Gasteiger partial charge in [-0.25, -0.2) is 0 Å². The van der Waals surface area contributed by atoms with Crippen molar-refractivity contribution in [2.24, 2.45) is 0 Å². The van der Waals surface area contributed by atoms with Crippen LogP contribution in [-0.2, 0) is 20.8 Å². The van der Waals surface area contributed by atoms with Crippen LogP contribution in [-0.4, -0.2) is 23.8 Å². The molecule has 1 aliphatic rings. The third-order valence-electron chi connectivity index (χ3n) is 2.75. The lowest BCUT2D eigenvalue weighted by Crippen LogP contribution is -2.52. The molecular formula is C12H14N2O4. The van der Waals surface area contributed by atoms with E-state index in [4.69, 9.17) is 4.42 Å². The zero-order valence-electron chi connectivity index (χ0n) is 9.77. The maximum absolute atomic E-state index is 11.6. The van der Waals surface area contributed by atoms with Crippen molar-refractivity contribution in [1.82, 2.24) is 10.6 Å². The quantitative estimate of drug-likeness (QED) is 0.744. The summed E-state index contributed by atoms with van der Waals surface area (Å²) in [6.45, 7) is 0. The largest absolute Gasteiger partial charge is 0.469 e. The molecule has 1 aromatic heterocycles. The zero-order valence-corrected chi connectivity index (χ0v) is 9.77. The van der Waals surface area contributed by atoms with Crippen LogP contribution in [0.1, 0.15) is 25.0 Å². The lowest BCUT2D eigenvalue weighted by Gasteiger charge is -2.21. The molecule has 1 aromatic rings. The van der Waals surface area contributed by atoms with Gasteiger partial charge in [0, 0.05) is 19.3 Å². The first-order valence-corrected chi connectivity index (χ1v) is 5.80. The van der Waals surface area contributed by atoms with Crippen molar-refractivity contribution in [2.45, 2.75) is 31.7 Å². The van der Waals surface area contributed by atoms with E-state index in [-0.39, 0.29) is 24.7 Å². The number of furan rings is 1. The maximum atomic E-state index is 11.6. The predicted molar refractivity (Wildman–Crippen MR) is 61.3 cm³/mol. The van der Waals surface area contributed by atoms with Crippen LogP contribution in [0, 0.1) is 0 Å². The number of piperidine rings is 1. The molecule has 18 heavy (non-hydrogen) atoms. The van der Waals surface area contributed by atoms with E-state index >= 15 is 0 Å². The van der Waals surface area contributed by atoms with Gasteiger partial charge in [-0.2, -0.15) is 0 Å². The minimum absolute atomic E-state index is 0.221. The van der Waals surface area contributed by atoms with E-state index in [9.17, 15) is 14.4 Å². The number of rotatable bonds is 4. The van der Waals surface area contributed by atoms with E-state index < -0.39 is 11.9 Å². The molecule has 1 unspecified atom stereocenters. The predicted octanol–water partition coefficient (Wildman–Crippen LogP) is 0.134. The van der Waals surface area contributed by atoms with Crippen molar-refractivity contribution in [3.8, 4) is 0 Å². The van der Waals surface area contributed by atoms with Crippen LogP contribution in [0.3, 0.4) is 0 Å². The second kappa shape index (κ2) is 5.48. The Morgan fingerprint density at radius 2 is 2.33 bits per heavy atom. The number of aryl methyl sites for hydroxylation is 1. The van der Waals surface area contributed by atoms with Crippen LogP contribution in [0.2, 0.25) is 0 Å². The van der Waals surface area contributed by atoms with E-state index in [0.29, 0.717) is 12.8 Å². The Balaban J connectivity index is 1.77. The number of hydrogen-bond donors (Lipinski definition) is 2. The van der Waals surface area contributed by atoms with Gasteiger partial charge < -0.3 is 9.73 Å². The molecule has 1 saturated heterocycles. The molecule has 0 spiro atoms. The first-order valence-electron chi connectivity index (χ1n) is 5.80. The standard InChI is InChI=1S/C12H14N2O4/c15-10(5-3-8-2-1-7-18-8)13-9-4-6-11(16)14-12(9)17/h1-2,7,9H,3-6H2,(H,13,15)(H,14,16,17). The van der Waals surface area contributed by atoms with Gasteiger partial charge in [0.15, 0.2) is 0 Å². The Bertz CT molecular complexity index is 453. The molecule has 1 fully saturated rings. The highest BCUT2D eigenvalue weighted by Crippen LogP contribution is 2.06. The van der Waals surface area contributed by atoms with E-state index in [2.05, 4.69) is 10.6 Å². The second-order valence-corrected chi connectivity index (χ2v) is 4.15. The normalized spacial score (nSPS) is 19.4. The van der Waals surface area contributed by atoms with E-state index in [1.54, 1.807) is 18.4 Å². The fraction of sp³-hybridized carbons (Fsp3) is 0.417. The third-order valence-corrected chi connectivity index (χ3v) is 2.75. The Hall–Kier alpha value is -2.11. The van der Waals surface area contributed by atoms with Crippen LogP contribution in [0.25, 0.3) is 0 Å². The summed E-state index contributed by atoms with van der Waals surface area (Å²) in [5, 5.41) is 4.80. The van der Waals surface area contributed by atoms with Gasteiger partial charge in [0.2, 0.25) is 17.7 Å². The summed E-state index contributed by atoms with van der Waals surface area (Å²) in [4.78, 5) is 34.0. The van der Waals surface area contributed by atoms with Crippen molar-refractivity contribution in [3.63, 3.8) is 0 Å². The summed E-state index contributed by atoms with van der Waals surface area (Å²) in [5.74, 6) is -0.215. The number of carbonyl (C=O) groups is 3. The van der Waals surface area contributed by atoms with Gasteiger partial charge in [-0.05, 0) is 18.6 Å². The third kappa shape index (κ3) is 3.19. The average Bonchev–Trinajstić information content (AvgIpc) is 2.83. The first kappa shape index (κ1) is 12.3. The minimum atomic E-state index is -0.605.